The van der Waals surface area contributed by atoms with E-state index in [0.29, 0.717) is 5.56 Å². The average Bonchev–Trinajstić information content (AvgIpc) is 2.38. The summed E-state index contributed by atoms with van der Waals surface area (Å²) in [4.78, 5) is 23.6. The summed E-state index contributed by atoms with van der Waals surface area (Å²) in [6, 6.07) is 10.6. The van der Waals surface area contributed by atoms with E-state index in [1.165, 1.54) is 0 Å². The summed E-state index contributed by atoms with van der Waals surface area (Å²) in [6.45, 7) is 0. The molecule has 0 saturated heterocycles. The van der Waals surface area contributed by atoms with Gasteiger partial charge in [-0.05, 0) is 5.56 Å². The molecular weight excluding hydrogens is 236 g/mol. The highest BCUT2D eigenvalue weighted by Crippen LogP contribution is 2.21. The van der Waals surface area contributed by atoms with E-state index in [-0.39, 0.29) is 11.4 Å². The molecule has 0 fully saturated rings. The molecule has 0 aliphatic heterocycles. The number of pyridine rings is 1. The SMILES string of the molecule is O=c1cc([N+](=O)[O-])cc(C(O)c2ccccc2)[nH]1. The van der Waals surface area contributed by atoms with E-state index >= 15 is 0 Å². The van der Waals surface area contributed by atoms with Crippen molar-refractivity contribution in [1.82, 2.24) is 4.98 Å². The van der Waals surface area contributed by atoms with Crippen LogP contribution in [-0.4, -0.2) is 15.0 Å². The van der Waals surface area contributed by atoms with Crippen LogP contribution in [-0.2, 0) is 0 Å². The second-order valence-electron chi connectivity index (χ2n) is 3.73. The average molecular weight is 246 g/mol. The normalized spacial score (nSPS) is 12.1. The number of nitro groups is 1. The number of aliphatic hydroxyl groups is 1. The van der Waals surface area contributed by atoms with Crippen molar-refractivity contribution in [3.05, 3.63) is 74.2 Å². The van der Waals surface area contributed by atoms with Crippen LogP contribution in [0.1, 0.15) is 17.4 Å². The third-order valence-corrected chi connectivity index (χ3v) is 2.47. The van der Waals surface area contributed by atoms with Gasteiger partial charge in [0.2, 0.25) is 0 Å². The number of benzene rings is 1. The van der Waals surface area contributed by atoms with E-state index in [9.17, 15) is 20.0 Å². The van der Waals surface area contributed by atoms with Crippen molar-refractivity contribution in [2.75, 3.05) is 0 Å². The second-order valence-corrected chi connectivity index (χ2v) is 3.73. The molecule has 1 aromatic carbocycles. The molecule has 0 aliphatic carbocycles. The molecule has 2 rings (SSSR count). The Morgan fingerprint density at radius 3 is 2.50 bits per heavy atom. The van der Waals surface area contributed by atoms with Crippen molar-refractivity contribution in [2.45, 2.75) is 6.10 Å². The first-order valence-corrected chi connectivity index (χ1v) is 5.19. The lowest BCUT2D eigenvalue weighted by Gasteiger charge is -2.10. The number of H-pyrrole nitrogens is 1. The zero-order chi connectivity index (χ0) is 13.1. The number of hydrogen-bond acceptors (Lipinski definition) is 4. The standard InChI is InChI=1S/C12H10N2O4/c15-11-7-9(14(17)18)6-10(13-11)12(16)8-4-2-1-3-5-8/h1-7,12,16H,(H,13,15). The van der Waals surface area contributed by atoms with E-state index in [1.807, 2.05) is 0 Å². The van der Waals surface area contributed by atoms with Gasteiger partial charge in [0, 0.05) is 6.07 Å². The summed E-state index contributed by atoms with van der Waals surface area (Å²) < 4.78 is 0. The van der Waals surface area contributed by atoms with Gasteiger partial charge in [-0.1, -0.05) is 30.3 Å². The van der Waals surface area contributed by atoms with Crippen LogP contribution in [0.5, 0.6) is 0 Å². The Labute approximate surface area is 102 Å². The van der Waals surface area contributed by atoms with Crippen LogP contribution in [0.25, 0.3) is 0 Å². The van der Waals surface area contributed by atoms with Crippen molar-refractivity contribution >= 4 is 5.69 Å². The van der Waals surface area contributed by atoms with E-state index in [1.54, 1.807) is 30.3 Å². The fourth-order valence-electron chi connectivity index (χ4n) is 1.62. The van der Waals surface area contributed by atoms with Gasteiger partial charge in [0.25, 0.3) is 11.2 Å². The second kappa shape index (κ2) is 4.80. The van der Waals surface area contributed by atoms with Crippen LogP contribution < -0.4 is 5.56 Å². The van der Waals surface area contributed by atoms with Crippen LogP contribution in [0.4, 0.5) is 5.69 Å². The number of aromatic amines is 1. The van der Waals surface area contributed by atoms with Gasteiger partial charge in [0.05, 0.1) is 16.7 Å². The maximum absolute atomic E-state index is 11.3. The molecule has 1 unspecified atom stereocenters. The third kappa shape index (κ3) is 2.44. The van der Waals surface area contributed by atoms with E-state index in [4.69, 9.17) is 0 Å². The molecule has 1 heterocycles. The Kier molecular flexibility index (Phi) is 3.20. The molecule has 6 heteroatoms. The lowest BCUT2D eigenvalue weighted by Crippen LogP contribution is -2.12. The van der Waals surface area contributed by atoms with Crippen molar-refractivity contribution < 1.29 is 10.0 Å². The van der Waals surface area contributed by atoms with Crippen LogP contribution in [0.3, 0.4) is 0 Å². The number of rotatable bonds is 3. The predicted octanol–water partition coefficient (Wildman–Crippen LogP) is 1.36. The van der Waals surface area contributed by atoms with Crippen molar-refractivity contribution in [3.63, 3.8) is 0 Å². The molecule has 0 saturated carbocycles. The van der Waals surface area contributed by atoms with Crippen LogP contribution >= 0.6 is 0 Å². The molecule has 6 nitrogen and oxygen atoms in total. The maximum Gasteiger partial charge on any atom is 0.276 e. The molecule has 0 amide bonds. The van der Waals surface area contributed by atoms with Crippen LogP contribution in [0.2, 0.25) is 0 Å². The van der Waals surface area contributed by atoms with Crippen LogP contribution in [0, 0.1) is 10.1 Å². The largest absolute Gasteiger partial charge is 0.382 e. The van der Waals surface area contributed by atoms with Gasteiger partial charge in [-0.2, -0.15) is 0 Å². The molecular formula is C12H10N2O4. The zero-order valence-electron chi connectivity index (χ0n) is 9.24. The molecule has 2 aromatic rings. The molecule has 92 valence electrons. The number of nitrogens with zero attached hydrogens (tertiary/aromatic N) is 1. The monoisotopic (exact) mass is 246 g/mol. The molecule has 2 N–H and O–H groups in total. The molecule has 1 aromatic heterocycles. The summed E-state index contributed by atoms with van der Waals surface area (Å²) in [5.74, 6) is 0. The highest BCUT2D eigenvalue weighted by atomic mass is 16.6. The minimum absolute atomic E-state index is 0.0976. The van der Waals surface area contributed by atoms with Crippen molar-refractivity contribution in [2.24, 2.45) is 0 Å². The van der Waals surface area contributed by atoms with E-state index < -0.39 is 16.6 Å². The van der Waals surface area contributed by atoms with Crippen molar-refractivity contribution in [3.8, 4) is 0 Å². The molecule has 0 radical (unpaired) electrons. The molecule has 0 spiro atoms. The van der Waals surface area contributed by atoms with Crippen molar-refractivity contribution in [1.29, 1.82) is 0 Å². The van der Waals surface area contributed by atoms with Gasteiger partial charge in [-0.25, -0.2) is 0 Å². The van der Waals surface area contributed by atoms with Gasteiger partial charge >= 0.3 is 0 Å². The summed E-state index contributed by atoms with van der Waals surface area (Å²) in [5, 5.41) is 20.7. The summed E-state index contributed by atoms with van der Waals surface area (Å²) in [5.41, 5.74) is -0.313. The summed E-state index contributed by atoms with van der Waals surface area (Å²) >= 11 is 0. The van der Waals surface area contributed by atoms with Gasteiger partial charge in [0.15, 0.2) is 0 Å². The number of aliphatic hydroxyl groups excluding tert-OH is 1. The fraction of sp³-hybridized carbons (Fsp3) is 0.0833. The first-order chi connectivity index (χ1) is 8.58. The highest BCUT2D eigenvalue weighted by Gasteiger charge is 2.16. The Morgan fingerprint density at radius 2 is 1.89 bits per heavy atom. The van der Waals surface area contributed by atoms with E-state index in [2.05, 4.69) is 4.98 Å². The van der Waals surface area contributed by atoms with E-state index in [0.717, 1.165) is 12.1 Å². The molecule has 0 bridgehead atoms. The topological polar surface area (TPSA) is 96.2 Å². The molecule has 0 aliphatic rings. The first-order valence-electron chi connectivity index (χ1n) is 5.19. The smallest absolute Gasteiger partial charge is 0.276 e. The quantitative estimate of drug-likeness (QED) is 0.631. The Bertz CT molecular complexity index is 621. The van der Waals surface area contributed by atoms with Gasteiger partial charge in [0.1, 0.15) is 6.10 Å². The minimum Gasteiger partial charge on any atom is -0.382 e. The Hall–Kier alpha value is -2.47. The fourth-order valence-corrected chi connectivity index (χ4v) is 1.62. The number of hydrogen-bond donors (Lipinski definition) is 2. The Morgan fingerprint density at radius 1 is 1.22 bits per heavy atom. The highest BCUT2D eigenvalue weighted by molar-refractivity contribution is 5.34. The summed E-state index contributed by atoms with van der Waals surface area (Å²) in [7, 11) is 0. The van der Waals surface area contributed by atoms with Gasteiger partial charge in [-0.15, -0.1) is 0 Å². The molecule has 1 atom stereocenters. The lowest BCUT2D eigenvalue weighted by atomic mass is 10.1. The van der Waals surface area contributed by atoms with Gasteiger partial charge in [-0.3, -0.25) is 14.9 Å². The predicted molar refractivity (Wildman–Crippen MR) is 64.2 cm³/mol. The summed E-state index contributed by atoms with van der Waals surface area (Å²) in [6.07, 6.45) is -1.10. The van der Waals surface area contributed by atoms with Gasteiger partial charge < -0.3 is 10.1 Å². The lowest BCUT2D eigenvalue weighted by molar-refractivity contribution is -0.385. The Balaban J connectivity index is 2.45. The number of nitrogens with one attached hydrogen (secondary N) is 1. The zero-order valence-corrected chi connectivity index (χ0v) is 9.24. The minimum atomic E-state index is -1.10. The van der Waals surface area contributed by atoms with Crippen LogP contribution in [0.15, 0.2) is 47.3 Å². The third-order valence-electron chi connectivity index (χ3n) is 2.47. The molecule has 18 heavy (non-hydrogen) atoms. The first kappa shape index (κ1) is 12.0. The number of aromatic nitrogens is 1. The maximum atomic E-state index is 11.3.